The van der Waals surface area contributed by atoms with Crippen molar-refractivity contribution in [1.82, 2.24) is 10.6 Å². The van der Waals surface area contributed by atoms with Gasteiger partial charge in [0.2, 0.25) is 0 Å². The van der Waals surface area contributed by atoms with Crippen molar-refractivity contribution in [3.05, 3.63) is 12.2 Å². The fourth-order valence-corrected chi connectivity index (χ4v) is 2.52. The first-order chi connectivity index (χ1) is 9.15. The van der Waals surface area contributed by atoms with Gasteiger partial charge < -0.3 is 15.7 Å². The van der Waals surface area contributed by atoms with Gasteiger partial charge in [-0.2, -0.15) is 0 Å². The number of urea groups is 1. The van der Waals surface area contributed by atoms with Crippen molar-refractivity contribution in [2.24, 2.45) is 11.8 Å². The number of hydrogen-bond acceptors (Lipinski definition) is 2. The van der Waals surface area contributed by atoms with Crippen LogP contribution in [0.2, 0.25) is 0 Å². The summed E-state index contributed by atoms with van der Waals surface area (Å²) in [5.74, 6) is 0.00341. The van der Waals surface area contributed by atoms with Gasteiger partial charge >= 0.3 is 12.0 Å². The smallest absolute Gasteiger partial charge is 0.315 e. The zero-order valence-corrected chi connectivity index (χ0v) is 11.1. The Labute approximate surface area is 113 Å². The topological polar surface area (TPSA) is 78.4 Å². The van der Waals surface area contributed by atoms with E-state index in [1.807, 2.05) is 0 Å². The number of amides is 2. The SMILES string of the molecule is O=C(O)CC(NC(=O)NCC1CC=CCC1)C1CC1. The number of allylic oxidation sites excluding steroid dienone is 2. The summed E-state index contributed by atoms with van der Waals surface area (Å²) in [6, 6.07) is -0.448. The highest BCUT2D eigenvalue weighted by atomic mass is 16.4. The summed E-state index contributed by atoms with van der Waals surface area (Å²) < 4.78 is 0. The van der Waals surface area contributed by atoms with E-state index >= 15 is 0 Å². The Morgan fingerprint density at radius 2 is 2.05 bits per heavy atom. The molecule has 3 N–H and O–H groups in total. The molecule has 0 aromatic heterocycles. The second-order valence-electron chi connectivity index (χ2n) is 5.55. The molecule has 106 valence electrons. The summed E-state index contributed by atoms with van der Waals surface area (Å²) >= 11 is 0. The van der Waals surface area contributed by atoms with Crippen LogP contribution in [0.4, 0.5) is 4.79 Å². The molecule has 0 aliphatic heterocycles. The molecule has 0 bridgehead atoms. The number of nitrogens with one attached hydrogen (secondary N) is 2. The molecule has 1 fully saturated rings. The number of rotatable bonds is 6. The molecule has 2 rings (SSSR count). The molecule has 5 heteroatoms. The summed E-state index contributed by atoms with van der Waals surface area (Å²) in [6.07, 6.45) is 9.59. The predicted octanol–water partition coefficient (Wildman–Crippen LogP) is 1.90. The normalized spacial score (nSPS) is 23.7. The van der Waals surface area contributed by atoms with E-state index in [-0.39, 0.29) is 18.5 Å². The minimum absolute atomic E-state index is 0.0181. The van der Waals surface area contributed by atoms with Crippen molar-refractivity contribution in [3.8, 4) is 0 Å². The van der Waals surface area contributed by atoms with Gasteiger partial charge in [0.05, 0.1) is 6.42 Å². The average Bonchev–Trinajstić information content (AvgIpc) is 3.20. The monoisotopic (exact) mass is 266 g/mol. The molecule has 0 saturated heterocycles. The van der Waals surface area contributed by atoms with Gasteiger partial charge in [-0.3, -0.25) is 4.79 Å². The van der Waals surface area contributed by atoms with Gasteiger partial charge in [-0.25, -0.2) is 4.79 Å². The van der Waals surface area contributed by atoms with Crippen molar-refractivity contribution in [3.63, 3.8) is 0 Å². The summed E-state index contributed by atoms with van der Waals surface area (Å²) in [5.41, 5.74) is 0. The van der Waals surface area contributed by atoms with E-state index in [1.165, 1.54) is 0 Å². The number of carbonyl (C=O) groups is 2. The third-order valence-electron chi connectivity index (χ3n) is 3.83. The number of aliphatic carboxylic acids is 1. The van der Waals surface area contributed by atoms with Crippen molar-refractivity contribution in [2.45, 2.75) is 44.6 Å². The molecule has 0 heterocycles. The molecule has 2 unspecified atom stereocenters. The minimum atomic E-state index is -0.852. The molecule has 2 aliphatic carbocycles. The molecule has 2 aliphatic rings. The first kappa shape index (κ1) is 13.9. The molecule has 19 heavy (non-hydrogen) atoms. The first-order valence-corrected chi connectivity index (χ1v) is 7.06. The van der Waals surface area contributed by atoms with E-state index in [2.05, 4.69) is 22.8 Å². The maximum absolute atomic E-state index is 11.8. The molecule has 1 saturated carbocycles. The van der Waals surface area contributed by atoms with Gasteiger partial charge in [-0.15, -0.1) is 0 Å². The van der Waals surface area contributed by atoms with Gasteiger partial charge in [0.1, 0.15) is 0 Å². The first-order valence-electron chi connectivity index (χ1n) is 7.06. The highest BCUT2D eigenvalue weighted by Gasteiger charge is 2.33. The molecular weight excluding hydrogens is 244 g/mol. The van der Waals surface area contributed by atoms with Crippen molar-refractivity contribution in [2.75, 3.05) is 6.54 Å². The van der Waals surface area contributed by atoms with Gasteiger partial charge in [-0.1, -0.05) is 12.2 Å². The summed E-state index contributed by atoms with van der Waals surface area (Å²) in [7, 11) is 0. The van der Waals surface area contributed by atoms with Crippen LogP contribution in [0.25, 0.3) is 0 Å². The largest absolute Gasteiger partial charge is 0.481 e. The van der Waals surface area contributed by atoms with Crippen molar-refractivity contribution >= 4 is 12.0 Å². The Bertz CT molecular complexity index is 364. The maximum Gasteiger partial charge on any atom is 0.315 e. The fourth-order valence-electron chi connectivity index (χ4n) is 2.52. The zero-order valence-electron chi connectivity index (χ0n) is 11.1. The Morgan fingerprint density at radius 3 is 2.63 bits per heavy atom. The van der Waals surface area contributed by atoms with Crippen LogP contribution < -0.4 is 10.6 Å². The molecule has 0 aromatic rings. The minimum Gasteiger partial charge on any atom is -0.481 e. The second kappa shape index (κ2) is 6.59. The van der Waals surface area contributed by atoms with Gasteiger partial charge in [-0.05, 0) is 43.9 Å². The van der Waals surface area contributed by atoms with Crippen LogP contribution in [0.5, 0.6) is 0 Å². The molecule has 2 amide bonds. The van der Waals surface area contributed by atoms with E-state index in [0.717, 1.165) is 32.1 Å². The molecule has 0 spiro atoms. The zero-order chi connectivity index (χ0) is 13.7. The highest BCUT2D eigenvalue weighted by molar-refractivity contribution is 5.75. The van der Waals surface area contributed by atoms with E-state index in [1.54, 1.807) is 0 Å². The fraction of sp³-hybridized carbons (Fsp3) is 0.714. The maximum atomic E-state index is 11.8. The predicted molar refractivity (Wildman–Crippen MR) is 71.8 cm³/mol. The van der Waals surface area contributed by atoms with E-state index < -0.39 is 5.97 Å². The van der Waals surface area contributed by atoms with Crippen molar-refractivity contribution in [1.29, 1.82) is 0 Å². The van der Waals surface area contributed by atoms with Crippen LogP contribution in [-0.2, 0) is 4.79 Å². The third-order valence-corrected chi connectivity index (χ3v) is 3.83. The molecule has 0 aromatic carbocycles. The van der Waals surface area contributed by atoms with E-state index in [9.17, 15) is 9.59 Å². The van der Waals surface area contributed by atoms with Gasteiger partial charge in [0, 0.05) is 12.6 Å². The lowest BCUT2D eigenvalue weighted by Gasteiger charge is -2.20. The molecule has 0 radical (unpaired) electrons. The third kappa shape index (κ3) is 4.93. The summed E-state index contributed by atoms with van der Waals surface area (Å²) in [4.78, 5) is 22.5. The quantitative estimate of drug-likeness (QED) is 0.642. The van der Waals surface area contributed by atoms with Crippen LogP contribution in [0, 0.1) is 11.8 Å². The summed E-state index contributed by atoms with van der Waals surface area (Å²) in [6.45, 7) is 0.667. The average molecular weight is 266 g/mol. The lowest BCUT2D eigenvalue weighted by Crippen LogP contribution is -2.45. The van der Waals surface area contributed by atoms with Crippen LogP contribution >= 0.6 is 0 Å². The summed E-state index contributed by atoms with van der Waals surface area (Å²) in [5, 5.41) is 14.5. The van der Waals surface area contributed by atoms with Crippen LogP contribution in [0.1, 0.15) is 38.5 Å². The number of carboxylic acids is 1. The number of carboxylic acid groups (broad SMARTS) is 1. The Morgan fingerprint density at radius 1 is 1.26 bits per heavy atom. The molecule has 2 atom stereocenters. The standard InChI is InChI=1S/C14H22N2O3/c17-13(18)8-12(11-6-7-11)16-14(19)15-9-10-4-2-1-3-5-10/h1-2,10-12H,3-9H2,(H,17,18)(H2,15,16,19). The molecule has 5 nitrogen and oxygen atoms in total. The van der Waals surface area contributed by atoms with Crippen LogP contribution in [-0.4, -0.2) is 29.7 Å². The number of carbonyl (C=O) groups excluding carboxylic acids is 1. The number of hydrogen-bond donors (Lipinski definition) is 3. The van der Waals surface area contributed by atoms with E-state index in [0.29, 0.717) is 18.4 Å². The highest BCUT2D eigenvalue weighted by Crippen LogP contribution is 2.33. The lowest BCUT2D eigenvalue weighted by atomic mass is 9.94. The van der Waals surface area contributed by atoms with Crippen LogP contribution in [0.15, 0.2) is 12.2 Å². The Balaban J connectivity index is 1.69. The second-order valence-corrected chi connectivity index (χ2v) is 5.55. The Kier molecular flexibility index (Phi) is 4.82. The van der Waals surface area contributed by atoms with Crippen LogP contribution in [0.3, 0.4) is 0 Å². The van der Waals surface area contributed by atoms with E-state index in [4.69, 9.17) is 5.11 Å². The Hall–Kier alpha value is -1.52. The lowest BCUT2D eigenvalue weighted by molar-refractivity contribution is -0.137. The molecular formula is C14H22N2O3. The van der Waals surface area contributed by atoms with Crippen molar-refractivity contribution < 1.29 is 14.7 Å². The van der Waals surface area contributed by atoms with Gasteiger partial charge in [0.25, 0.3) is 0 Å². The van der Waals surface area contributed by atoms with Gasteiger partial charge in [0.15, 0.2) is 0 Å².